The van der Waals surface area contributed by atoms with Crippen molar-refractivity contribution < 1.29 is 4.79 Å². The van der Waals surface area contributed by atoms with Crippen molar-refractivity contribution in [3.8, 4) is 6.07 Å². The van der Waals surface area contributed by atoms with E-state index in [1.54, 1.807) is 0 Å². The Labute approximate surface area is 83.2 Å². The van der Waals surface area contributed by atoms with Crippen molar-refractivity contribution in [2.24, 2.45) is 5.92 Å². The Kier molecular flexibility index (Phi) is 2.32. The lowest BCUT2D eigenvalue weighted by atomic mass is 9.94. The van der Waals surface area contributed by atoms with Crippen molar-refractivity contribution in [1.82, 2.24) is 0 Å². The summed E-state index contributed by atoms with van der Waals surface area (Å²) in [6.45, 7) is 0. The smallest absolute Gasteiger partial charge is 0.157 e. The molecule has 1 aliphatic rings. The van der Waals surface area contributed by atoms with Crippen LogP contribution in [0.3, 0.4) is 0 Å². The lowest BCUT2D eigenvalue weighted by Crippen LogP contribution is -2.12. The molecule has 1 aromatic carbocycles. The average molecular weight is 185 g/mol. The van der Waals surface area contributed by atoms with Crippen molar-refractivity contribution in [2.45, 2.75) is 18.8 Å². The Bertz CT molecular complexity index is 373. The number of Topliss-reactive ketones (excluding diaryl/α,β-unsaturated/α-hetero) is 1. The van der Waals surface area contributed by atoms with E-state index in [4.69, 9.17) is 5.26 Å². The molecule has 1 aliphatic carbocycles. The first-order valence-corrected chi connectivity index (χ1v) is 4.81. The normalized spacial score (nSPS) is 17.1. The van der Waals surface area contributed by atoms with Gasteiger partial charge in [-0.05, 0) is 18.4 Å². The van der Waals surface area contributed by atoms with Crippen molar-refractivity contribution >= 4 is 5.78 Å². The Morgan fingerprint density at radius 1 is 1.36 bits per heavy atom. The van der Waals surface area contributed by atoms with Crippen molar-refractivity contribution in [3.05, 3.63) is 35.9 Å². The van der Waals surface area contributed by atoms with E-state index in [-0.39, 0.29) is 11.7 Å². The highest BCUT2D eigenvalue weighted by atomic mass is 16.1. The molecule has 2 heteroatoms. The van der Waals surface area contributed by atoms with Gasteiger partial charge in [0.1, 0.15) is 5.92 Å². The highest BCUT2D eigenvalue weighted by Gasteiger charge is 2.35. The third kappa shape index (κ3) is 1.67. The third-order valence-electron chi connectivity index (χ3n) is 2.53. The SMILES string of the molecule is N#C[C@H](C(=O)C1CC1)c1ccccc1. The molecular weight excluding hydrogens is 174 g/mol. The molecule has 0 unspecified atom stereocenters. The van der Waals surface area contributed by atoms with Gasteiger partial charge in [0.2, 0.25) is 0 Å². The zero-order chi connectivity index (χ0) is 9.97. The Morgan fingerprint density at radius 2 is 2.00 bits per heavy atom. The fraction of sp³-hybridized carbons (Fsp3) is 0.333. The van der Waals surface area contributed by atoms with Gasteiger partial charge in [0.25, 0.3) is 0 Å². The zero-order valence-corrected chi connectivity index (χ0v) is 7.81. The van der Waals surface area contributed by atoms with Crippen LogP contribution in [0, 0.1) is 17.2 Å². The van der Waals surface area contributed by atoms with Crippen molar-refractivity contribution in [2.75, 3.05) is 0 Å². The first kappa shape index (κ1) is 8.96. The second-order valence-electron chi connectivity index (χ2n) is 3.65. The maximum absolute atomic E-state index is 11.7. The first-order chi connectivity index (χ1) is 6.83. The van der Waals surface area contributed by atoms with Gasteiger partial charge in [0.15, 0.2) is 5.78 Å². The summed E-state index contributed by atoms with van der Waals surface area (Å²) < 4.78 is 0. The van der Waals surface area contributed by atoms with Crippen LogP contribution in [0.25, 0.3) is 0 Å². The maximum Gasteiger partial charge on any atom is 0.157 e. The molecule has 0 radical (unpaired) electrons. The molecule has 0 spiro atoms. The van der Waals surface area contributed by atoms with Gasteiger partial charge in [-0.15, -0.1) is 0 Å². The minimum Gasteiger partial charge on any atom is -0.298 e. The van der Waals surface area contributed by atoms with Gasteiger partial charge in [-0.25, -0.2) is 0 Å². The topological polar surface area (TPSA) is 40.9 Å². The van der Waals surface area contributed by atoms with Crippen LogP contribution in [0.4, 0.5) is 0 Å². The fourth-order valence-corrected chi connectivity index (χ4v) is 1.55. The number of benzene rings is 1. The highest BCUT2D eigenvalue weighted by Crippen LogP contribution is 2.35. The van der Waals surface area contributed by atoms with Gasteiger partial charge < -0.3 is 0 Å². The summed E-state index contributed by atoms with van der Waals surface area (Å²) in [5, 5.41) is 8.96. The van der Waals surface area contributed by atoms with Crippen molar-refractivity contribution in [1.29, 1.82) is 5.26 Å². The van der Waals surface area contributed by atoms with Gasteiger partial charge >= 0.3 is 0 Å². The van der Waals surface area contributed by atoms with Crippen LogP contribution in [0.1, 0.15) is 24.3 Å². The number of carbonyl (C=O) groups is 1. The van der Waals surface area contributed by atoms with E-state index in [1.807, 2.05) is 30.3 Å². The summed E-state index contributed by atoms with van der Waals surface area (Å²) in [6, 6.07) is 11.4. The number of nitrogens with zero attached hydrogens (tertiary/aromatic N) is 1. The Morgan fingerprint density at radius 3 is 2.50 bits per heavy atom. The summed E-state index contributed by atoms with van der Waals surface area (Å²) in [5.74, 6) is -0.303. The molecule has 0 bridgehead atoms. The third-order valence-corrected chi connectivity index (χ3v) is 2.53. The molecule has 0 saturated heterocycles. The van der Waals surface area contributed by atoms with Crippen LogP contribution in [0.2, 0.25) is 0 Å². The molecule has 14 heavy (non-hydrogen) atoms. The summed E-state index contributed by atoms with van der Waals surface area (Å²) in [5.41, 5.74) is 0.826. The molecule has 1 saturated carbocycles. The van der Waals surface area contributed by atoms with Gasteiger partial charge in [0.05, 0.1) is 6.07 Å². The number of carbonyl (C=O) groups excluding carboxylic acids is 1. The maximum atomic E-state index is 11.7. The average Bonchev–Trinajstić information content (AvgIpc) is 3.03. The zero-order valence-electron chi connectivity index (χ0n) is 7.81. The summed E-state index contributed by atoms with van der Waals surface area (Å²) in [7, 11) is 0. The van der Waals surface area contributed by atoms with E-state index in [0.717, 1.165) is 18.4 Å². The number of hydrogen-bond acceptors (Lipinski definition) is 2. The molecule has 0 N–H and O–H groups in total. The second-order valence-corrected chi connectivity index (χ2v) is 3.65. The molecule has 1 atom stereocenters. The highest BCUT2D eigenvalue weighted by molar-refractivity contribution is 5.91. The molecule has 2 rings (SSSR count). The fourth-order valence-electron chi connectivity index (χ4n) is 1.55. The Balaban J connectivity index is 2.22. The number of hydrogen-bond donors (Lipinski definition) is 0. The number of rotatable bonds is 3. The van der Waals surface area contributed by atoms with Gasteiger partial charge in [-0.1, -0.05) is 30.3 Å². The lowest BCUT2D eigenvalue weighted by Gasteiger charge is -2.06. The molecule has 70 valence electrons. The molecule has 0 aliphatic heterocycles. The molecule has 2 nitrogen and oxygen atoms in total. The largest absolute Gasteiger partial charge is 0.298 e. The molecule has 0 aromatic heterocycles. The van der Waals surface area contributed by atoms with Gasteiger partial charge in [-0.3, -0.25) is 4.79 Å². The quantitative estimate of drug-likeness (QED) is 0.724. The van der Waals surface area contributed by atoms with E-state index >= 15 is 0 Å². The molecule has 1 fully saturated rings. The van der Waals surface area contributed by atoms with E-state index in [1.165, 1.54) is 0 Å². The monoisotopic (exact) mass is 185 g/mol. The van der Waals surface area contributed by atoms with E-state index in [2.05, 4.69) is 6.07 Å². The van der Waals surface area contributed by atoms with Crippen LogP contribution in [0.5, 0.6) is 0 Å². The lowest BCUT2D eigenvalue weighted by molar-refractivity contribution is -0.120. The van der Waals surface area contributed by atoms with Crippen LogP contribution >= 0.6 is 0 Å². The van der Waals surface area contributed by atoms with Crippen LogP contribution in [0.15, 0.2) is 30.3 Å². The predicted molar refractivity (Wildman–Crippen MR) is 52.5 cm³/mol. The number of nitriles is 1. The summed E-state index contributed by atoms with van der Waals surface area (Å²) in [4.78, 5) is 11.7. The van der Waals surface area contributed by atoms with Crippen molar-refractivity contribution in [3.63, 3.8) is 0 Å². The Hall–Kier alpha value is -1.62. The number of ketones is 1. The standard InChI is InChI=1S/C12H11NO/c13-8-11(12(14)10-6-7-10)9-4-2-1-3-5-9/h1-5,10-11H,6-7H2/t11-/m0/s1. The molecule has 0 heterocycles. The minimum absolute atomic E-state index is 0.0960. The van der Waals surface area contributed by atoms with Gasteiger partial charge in [0, 0.05) is 5.92 Å². The van der Waals surface area contributed by atoms with E-state index < -0.39 is 5.92 Å². The summed E-state index contributed by atoms with van der Waals surface area (Å²) >= 11 is 0. The van der Waals surface area contributed by atoms with Gasteiger partial charge in [-0.2, -0.15) is 5.26 Å². The minimum atomic E-state index is -0.552. The van der Waals surface area contributed by atoms with Crippen LogP contribution in [-0.2, 0) is 4.79 Å². The summed E-state index contributed by atoms with van der Waals surface area (Å²) in [6.07, 6.45) is 1.92. The van der Waals surface area contributed by atoms with E-state index in [0.29, 0.717) is 0 Å². The molecule has 1 aromatic rings. The predicted octanol–water partition coefficient (Wildman–Crippen LogP) is 2.27. The van der Waals surface area contributed by atoms with Crippen LogP contribution in [-0.4, -0.2) is 5.78 Å². The van der Waals surface area contributed by atoms with Crippen LogP contribution < -0.4 is 0 Å². The first-order valence-electron chi connectivity index (χ1n) is 4.81. The molecule has 0 amide bonds. The molecular formula is C12H11NO. The van der Waals surface area contributed by atoms with E-state index in [9.17, 15) is 4.79 Å². The second kappa shape index (κ2) is 3.63.